The second-order valence-corrected chi connectivity index (χ2v) is 4.65. The molecule has 0 saturated heterocycles. The molecule has 0 fully saturated rings. The van der Waals surface area contributed by atoms with Gasteiger partial charge in [-0.15, -0.1) is 0 Å². The zero-order valence-corrected chi connectivity index (χ0v) is 10.5. The number of carbonyl (C=O) groups is 1. The lowest BCUT2D eigenvalue weighted by Gasteiger charge is -2.00. The minimum absolute atomic E-state index is 0.312. The van der Waals surface area contributed by atoms with Gasteiger partial charge >= 0.3 is 5.97 Å². The topological polar surface area (TPSA) is 39.2 Å². The molecule has 1 aromatic heterocycles. The molecule has 0 aliphatic carbocycles. The van der Waals surface area contributed by atoms with Crippen LogP contribution in [0, 0.1) is 0 Å². The molecule has 1 aromatic rings. The third kappa shape index (κ3) is 3.47. The van der Waals surface area contributed by atoms with E-state index in [1.807, 2.05) is 0 Å². The molecular weight excluding hydrogens is 234 g/mol. The normalized spacial score (nSPS) is 10.3. The highest BCUT2D eigenvalue weighted by molar-refractivity contribution is 7.17. The summed E-state index contributed by atoms with van der Waals surface area (Å²) in [6.07, 6.45) is 2.86. The van der Waals surface area contributed by atoms with Gasteiger partial charge in [0, 0.05) is 0 Å². The Morgan fingerprint density at radius 3 is 2.87 bits per heavy atom. The number of ether oxygens (including phenoxy) is 1. The number of esters is 1. The number of aromatic nitrogens is 1. The standard InChI is InChI=1S/C10H14ClNO2S/c1-3-5-6-7-8(9(13)14-4-2)15-10(11)12-7/h3-6H2,1-2H3. The van der Waals surface area contributed by atoms with E-state index >= 15 is 0 Å². The number of carbonyl (C=O) groups excluding carboxylic acids is 1. The molecule has 0 radical (unpaired) electrons. The van der Waals surface area contributed by atoms with Gasteiger partial charge in [-0.2, -0.15) is 0 Å². The number of unbranched alkanes of at least 4 members (excludes halogenated alkanes) is 1. The van der Waals surface area contributed by atoms with Crippen LogP contribution in [-0.2, 0) is 11.2 Å². The molecule has 5 heteroatoms. The van der Waals surface area contributed by atoms with Crippen molar-refractivity contribution in [1.82, 2.24) is 4.98 Å². The highest BCUT2D eigenvalue weighted by Crippen LogP contribution is 2.24. The van der Waals surface area contributed by atoms with Crippen LogP contribution < -0.4 is 0 Å². The molecule has 1 rings (SSSR count). The first-order chi connectivity index (χ1) is 7.19. The Hall–Kier alpha value is -0.610. The highest BCUT2D eigenvalue weighted by atomic mass is 35.5. The molecule has 3 nitrogen and oxygen atoms in total. The van der Waals surface area contributed by atoms with E-state index in [0.29, 0.717) is 16.0 Å². The molecule has 1 heterocycles. The fourth-order valence-corrected chi connectivity index (χ4v) is 2.26. The van der Waals surface area contributed by atoms with E-state index in [-0.39, 0.29) is 5.97 Å². The largest absolute Gasteiger partial charge is 0.462 e. The van der Waals surface area contributed by atoms with Crippen molar-refractivity contribution in [3.05, 3.63) is 15.0 Å². The van der Waals surface area contributed by atoms with E-state index in [0.717, 1.165) is 25.0 Å². The van der Waals surface area contributed by atoms with Crippen molar-refractivity contribution in [1.29, 1.82) is 0 Å². The van der Waals surface area contributed by atoms with Crippen LogP contribution >= 0.6 is 22.9 Å². The van der Waals surface area contributed by atoms with Gasteiger partial charge in [0.05, 0.1) is 12.3 Å². The van der Waals surface area contributed by atoms with Crippen LogP contribution in [0.2, 0.25) is 4.47 Å². The fourth-order valence-electron chi connectivity index (χ4n) is 1.19. The van der Waals surface area contributed by atoms with Gasteiger partial charge in [-0.3, -0.25) is 0 Å². The van der Waals surface area contributed by atoms with Crippen molar-refractivity contribution >= 4 is 28.9 Å². The van der Waals surface area contributed by atoms with Gasteiger partial charge < -0.3 is 4.74 Å². The number of rotatable bonds is 5. The number of nitrogens with zero attached hydrogens (tertiary/aromatic N) is 1. The van der Waals surface area contributed by atoms with Crippen LogP contribution in [0.3, 0.4) is 0 Å². The molecule has 15 heavy (non-hydrogen) atoms. The van der Waals surface area contributed by atoms with Gasteiger partial charge in [-0.25, -0.2) is 9.78 Å². The summed E-state index contributed by atoms with van der Waals surface area (Å²) < 4.78 is 5.34. The summed E-state index contributed by atoms with van der Waals surface area (Å²) in [5.74, 6) is -0.312. The van der Waals surface area contributed by atoms with Crippen LogP contribution in [0.1, 0.15) is 42.1 Å². The lowest BCUT2D eigenvalue weighted by molar-refractivity contribution is 0.0530. The van der Waals surface area contributed by atoms with Crippen LogP contribution in [0.15, 0.2) is 0 Å². The third-order valence-corrected chi connectivity index (χ3v) is 3.08. The van der Waals surface area contributed by atoms with Crippen molar-refractivity contribution < 1.29 is 9.53 Å². The Morgan fingerprint density at radius 1 is 1.53 bits per heavy atom. The van der Waals surface area contributed by atoms with E-state index in [1.165, 1.54) is 11.3 Å². The molecule has 0 unspecified atom stereocenters. The molecular formula is C10H14ClNO2S. The summed E-state index contributed by atoms with van der Waals surface area (Å²) in [6.45, 7) is 4.26. The van der Waals surface area contributed by atoms with Gasteiger partial charge in [-0.05, 0) is 19.8 Å². The molecule has 0 aromatic carbocycles. The second kappa shape index (κ2) is 6.08. The molecule has 0 saturated carbocycles. The summed E-state index contributed by atoms with van der Waals surface area (Å²) in [6, 6.07) is 0. The summed E-state index contributed by atoms with van der Waals surface area (Å²) >= 11 is 6.98. The maximum Gasteiger partial charge on any atom is 0.350 e. The Labute approximate surface area is 98.4 Å². The lowest BCUT2D eigenvalue weighted by atomic mass is 10.2. The van der Waals surface area contributed by atoms with Crippen molar-refractivity contribution in [2.24, 2.45) is 0 Å². The van der Waals surface area contributed by atoms with Gasteiger partial charge in [0.15, 0.2) is 4.47 Å². The number of aryl methyl sites for hydroxylation is 1. The molecule has 0 aliphatic heterocycles. The SMILES string of the molecule is CCCCc1nc(Cl)sc1C(=O)OCC. The first-order valence-electron chi connectivity index (χ1n) is 5.01. The minimum Gasteiger partial charge on any atom is -0.462 e. The predicted molar refractivity (Wildman–Crippen MR) is 61.7 cm³/mol. The Morgan fingerprint density at radius 2 is 2.27 bits per heavy atom. The monoisotopic (exact) mass is 247 g/mol. The minimum atomic E-state index is -0.312. The van der Waals surface area contributed by atoms with Gasteiger partial charge in [0.2, 0.25) is 0 Å². The molecule has 0 atom stereocenters. The van der Waals surface area contributed by atoms with Crippen LogP contribution in [0.5, 0.6) is 0 Å². The zero-order chi connectivity index (χ0) is 11.3. The molecule has 0 aliphatic rings. The van der Waals surface area contributed by atoms with E-state index in [1.54, 1.807) is 6.92 Å². The van der Waals surface area contributed by atoms with E-state index in [2.05, 4.69) is 11.9 Å². The lowest BCUT2D eigenvalue weighted by Crippen LogP contribution is -2.05. The van der Waals surface area contributed by atoms with E-state index < -0.39 is 0 Å². The summed E-state index contributed by atoms with van der Waals surface area (Å²) in [5.41, 5.74) is 0.769. The Kier molecular flexibility index (Phi) is 5.05. The van der Waals surface area contributed by atoms with Crippen molar-refractivity contribution in [3.63, 3.8) is 0 Å². The maximum atomic E-state index is 11.5. The summed E-state index contributed by atoms with van der Waals surface area (Å²) in [5, 5.41) is 0. The molecule has 0 spiro atoms. The van der Waals surface area contributed by atoms with Gasteiger partial charge in [0.1, 0.15) is 4.88 Å². The molecule has 0 N–H and O–H groups in total. The van der Waals surface area contributed by atoms with Crippen LogP contribution in [-0.4, -0.2) is 17.6 Å². The quantitative estimate of drug-likeness (QED) is 0.750. The Balaban J connectivity index is 2.80. The smallest absolute Gasteiger partial charge is 0.350 e. The molecule has 0 amide bonds. The predicted octanol–water partition coefficient (Wildman–Crippen LogP) is 3.32. The average Bonchev–Trinajstić information content (AvgIpc) is 2.57. The van der Waals surface area contributed by atoms with Crippen molar-refractivity contribution in [2.45, 2.75) is 33.1 Å². The van der Waals surface area contributed by atoms with E-state index in [9.17, 15) is 4.79 Å². The van der Waals surface area contributed by atoms with Gasteiger partial charge in [-0.1, -0.05) is 36.3 Å². The molecule has 84 valence electrons. The van der Waals surface area contributed by atoms with Crippen LogP contribution in [0.4, 0.5) is 0 Å². The first kappa shape index (κ1) is 12.5. The summed E-state index contributed by atoms with van der Waals surface area (Å²) in [4.78, 5) is 16.2. The first-order valence-corrected chi connectivity index (χ1v) is 6.20. The molecule has 0 bridgehead atoms. The second-order valence-electron chi connectivity index (χ2n) is 3.07. The van der Waals surface area contributed by atoms with Gasteiger partial charge in [0.25, 0.3) is 0 Å². The third-order valence-electron chi connectivity index (χ3n) is 1.90. The number of hydrogen-bond donors (Lipinski definition) is 0. The maximum absolute atomic E-state index is 11.5. The highest BCUT2D eigenvalue weighted by Gasteiger charge is 2.17. The average molecular weight is 248 g/mol. The summed E-state index contributed by atoms with van der Waals surface area (Å²) in [7, 11) is 0. The van der Waals surface area contributed by atoms with E-state index in [4.69, 9.17) is 16.3 Å². The van der Waals surface area contributed by atoms with Crippen molar-refractivity contribution in [2.75, 3.05) is 6.61 Å². The zero-order valence-electron chi connectivity index (χ0n) is 8.88. The number of halogens is 1. The Bertz CT molecular complexity index is 338. The number of thiazole rings is 1. The fraction of sp³-hybridized carbons (Fsp3) is 0.600. The number of hydrogen-bond acceptors (Lipinski definition) is 4. The van der Waals surface area contributed by atoms with Crippen molar-refractivity contribution in [3.8, 4) is 0 Å². The van der Waals surface area contributed by atoms with Crippen LogP contribution in [0.25, 0.3) is 0 Å².